The summed E-state index contributed by atoms with van der Waals surface area (Å²) in [6, 6.07) is 0. The molecule has 1 aromatic heterocycles. The van der Waals surface area contributed by atoms with E-state index in [9.17, 15) is 4.79 Å². The molecule has 2 saturated heterocycles. The fourth-order valence-corrected chi connectivity index (χ4v) is 4.60. The number of nitrogens with one attached hydrogen (secondary N) is 1. The van der Waals surface area contributed by atoms with Gasteiger partial charge in [0, 0.05) is 25.0 Å². The lowest BCUT2D eigenvalue weighted by Gasteiger charge is -2.39. The van der Waals surface area contributed by atoms with Gasteiger partial charge in [0.2, 0.25) is 5.91 Å². The normalized spacial score (nSPS) is 26.7. The van der Waals surface area contributed by atoms with Crippen molar-refractivity contribution in [3.05, 3.63) is 11.1 Å². The van der Waals surface area contributed by atoms with Crippen molar-refractivity contribution in [2.45, 2.75) is 45.8 Å². The number of amides is 1. The molecule has 3 rings (SSSR count). The number of anilines is 1. The molecule has 25 heavy (non-hydrogen) atoms. The molecular formula is C18H30N4O2S. The predicted molar refractivity (Wildman–Crippen MR) is 101 cm³/mol. The van der Waals surface area contributed by atoms with Crippen LogP contribution >= 0.6 is 11.3 Å². The lowest BCUT2D eigenvalue weighted by molar-refractivity contribution is -0.117. The molecule has 2 unspecified atom stereocenters. The van der Waals surface area contributed by atoms with Gasteiger partial charge in [0.15, 0.2) is 5.13 Å². The highest BCUT2D eigenvalue weighted by Gasteiger charge is 2.27. The highest BCUT2D eigenvalue weighted by molar-refractivity contribution is 7.13. The first kappa shape index (κ1) is 18.8. The smallest absolute Gasteiger partial charge is 0.240 e. The largest absolute Gasteiger partial charge is 0.373 e. The maximum atomic E-state index is 12.2. The van der Waals surface area contributed by atoms with Gasteiger partial charge in [0.1, 0.15) is 0 Å². The van der Waals surface area contributed by atoms with Gasteiger partial charge in [-0.3, -0.25) is 14.6 Å². The number of aromatic nitrogens is 1. The fourth-order valence-electron chi connectivity index (χ4n) is 3.90. The molecule has 1 aromatic rings. The monoisotopic (exact) mass is 366 g/mol. The number of nitrogens with zero attached hydrogens (tertiary/aromatic N) is 3. The van der Waals surface area contributed by atoms with Crippen molar-refractivity contribution in [1.29, 1.82) is 0 Å². The molecular weight excluding hydrogens is 336 g/mol. The topological polar surface area (TPSA) is 57.7 Å². The van der Waals surface area contributed by atoms with E-state index in [4.69, 9.17) is 4.74 Å². The first-order chi connectivity index (χ1) is 12.0. The SMILES string of the molecule is Cc1csc(NC(=O)CN2CCC(CN3CC(C)OC(C)C3)CC2)n1. The number of rotatable bonds is 5. The Hall–Kier alpha value is -1.02. The minimum Gasteiger partial charge on any atom is -0.373 e. The molecule has 0 aliphatic carbocycles. The Labute approximate surface area is 154 Å². The average Bonchev–Trinajstić information content (AvgIpc) is 2.93. The zero-order valence-electron chi connectivity index (χ0n) is 15.5. The summed E-state index contributed by atoms with van der Waals surface area (Å²) in [6.07, 6.45) is 3.01. The minimum absolute atomic E-state index is 0.0450. The summed E-state index contributed by atoms with van der Waals surface area (Å²) in [6.45, 7) is 12.0. The van der Waals surface area contributed by atoms with Crippen molar-refractivity contribution in [3.63, 3.8) is 0 Å². The Morgan fingerprint density at radius 1 is 1.28 bits per heavy atom. The quantitative estimate of drug-likeness (QED) is 0.866. The summed E-state index contributed by atoms with van der Waals surface area (Å²) in [5.41, 5.74) is 0.952. The van der Waals surface area contributed by atoms with E-state index in [1.54, 1.807) is 0 Å². The third-order valence-electron chi connectivity index (χ3n) is 4.95. The first-order valence-corrected chi connectivity index (χ1v) is 10.2. The lowest BCUT2D eigenvalue weighted by Crippen LogP contribution is -2.48. The van der Waals surface area contributed by atoms with Crippen LogP contribution in [-0.2, 0) is 9.53 Å². The summed E-state index contributed by atoms with van der Waals surface area (Å²) >= 11 is 1.48. The van der Waals surface area contributed by atoms with Gasteiger partial charge in [-0.25, -0.2) is 4.98 Å². The van der Waals surface area contributed by atoms with E-state index >= 15 is 0 Å². The Morgan fingerprint density at radius 3 is 2.56 bits per heavy atom. The molecule has 2 aliphatic heterocycles. The van der Waals surface area contributed by atoms with Crippen LogP contribution in [0.4, 0.5) is 5.13 Å². The number of ether oxygens (including phenoxy) is 1. The highest BCUT2D eigenvalue weighted by Crippen LogP contribution is 2.21. The molecule has 140 valence electrons. The van der Waals surface area contributed by atoms with Crippen LogP contribution < -0.4 is 5.32 Å². The summed E-state index contributed by atoms with van der Waals surface area (Å²) in [4.78, 5) is 21.3. The molecule has 1 amide bonds. The van der Waals surface area contributed by atoms with Gasteiger partial charge in [-0.1, -0.05) is 0 Å². The Morgan fingerprint density at radius 2 is 1.96 bits per heavy atom. The summed E-state index contributed by atoms with van der Waals surface area (Å²) < 4.78 is 5.82. The number of likely N-dealkylation sites (tertiary alicyclic amines) is 1. The van der Waals surface area contributed by atoms with Crippen LogP contribution in [-0.4, -0.2) is 72.2 Å². The second-order valence-electron chi connectivity index (χ2n) is 7.54. The van der Waals surface area contributed by atoms with Crippen molar-refractivity contribution in [2.75, 3.05) is 44.6 Å². The Bertz CT molecular complexity index is 561. The van der Waals surface area contributed by atoms with Crippen LogP contribution in [0.5, 0.6) is 0 Å². The molecule has 3 heterocycles. The molecule has 1 N–H and O–H groups in total. The van der Waals surface area contributed by atoms with E-state index in [1.807, 2.05) is 12.3 Å². The van der Waals surface area contributed by atoms with Crippen LogP contribution in [0.3, 0.4) is 0 Å². The maximum absolute atomic E-state index is 12.2. The van der Waals surface area contributed by atoms with Crippen molar-refractivity contribution in [3.8, 4) is 0 Å². The van der Waals surface area contributed by atoms with Crippen molar-refractivity contribution < 1.29 is 9.53 Å². The number of carbonyl (C=O) groups is 1. The van der Waals surface area contributed by atoms with Crippen molar-refractivity contribution >= 4 is 22.4 Å². The van der Waals surface area contributed by atoms with Crippen LogP contribution in [0.2, 0.25) is 0 Å². The molecule has 2 fully saturated rings. The van der Waals surface area contributed by atoms with Gasteiger partial charge in [-0.05, 0) is 52.6 Å². The van der Waals surface area contributed by atoms with Crippen molar-refractivity contribution in [1.82, 2.24) is 14.8 Å². The van der Waals surface area contributed by atoms with Crippen LogP contribution in [0.25, 0.3) is 0 Å². The molecule has 0 saturated carbocycles. The number of hydrogen-bond donors (Lipinski definition) is 1. The summed E-state index contributed by atoms with van der Waals surface area (Å²) in [7, 11) is 0. The van der Waals surface area contributed by atoms with Crippen LogP contribution in [0.15, 0.2) is 5.38 Å². The number of carbonyl (C=O) groups excluding carboxylic acids is 1. The van der Waals surface area contributed by atoms with E-state index in [-0.39, 0.29) is 5.91 Å². The molecule has 0 aromatic carbocycles. The minimum atomic E-state index is 0.0450. The number of aryl methyl sites for hydroxylation is 1. The average molecular weight is 367 g/mol. The zero-order valence-corrected chi connectivity index (χ0v) is 16.3. The molecule has 0 spiro atoms. The van der Waals surface area contributed by atoms with Gasteiger partial charge in [-0.2, -0.15) is 0 Å². The maximum Gasteiger partial charge on any atom is 0.240 e. The number of morpholine rings is 1. The molecule has 0 bridgehead atoms. The van der Waals surface area contributed by atoms with Gasteiger partial charge in [0.25, 0.3) is 0 Å². The van der Waals surface area contributed by atoms with E-state index in [1.165, 1.54) is 24.2 Å². The summed E-state index contributed by atoms with van der Waals surface area (Å²) in [5.74, 6) is 0.780. The third kappa shape index (κ3) is 5.74. The van der Waals surface area contributed by atoms with Gasteiger partial charge in [0.05, 0.1) is 24.4 Å². The second kappa shape index (κ2) is 8.58. The number of piperidine rings is 1. The molecule has 2 atom stereocenters. The van der Waals surface area contributed by atoms with E-state index in [0.29, 0.717) is 23.9 Å². The first-order valence-electron chi connectivity index (χ1n) is 9.30. The number of hydrogen-bond acceptors (Lipinski definition) is 6. The number of thiazole rings is 1. The van der Waals surface area contributed by atoms with E-state index in [0.717, 1.165) is 44.3 Å². The fraction of sp³-hybridized carbons (Fsp3) is 0.778. The highest BCUT2D eigenvalue weighted by atomic mass is 32.1. The molecule has 0 radical (unpaired) electrons. The third-order valence-corrected chi connectivity index (χ3v) is 5.83. The Kier molecular flexibility index (Phi) is 6.44. The van der Waals surface area contributed by atoms with Gasteiger partial charge < -0.3 is 10.1 Å². The van der Waals surface area contributed by atoms with Crippen LogP contribution in [0, 0.1) is 12.8 Å². The predicted octanol–water partition coefficient (Wildman–Crippen LogP) is 2.21. The molecule has 6 nitrogen and oxygen atoms in total. The zero-order chi connectivity index (χ0) is 17.8. The summed E-state index contributed by atoms with van der Waals surface area (Å²) in [5, 5.41) is 5.56. The molecule has 7 heteroatoms. The van der Waals surface area contributed by atoms with Gasteiger partial charge >= 0.3 is 0 Å². The van der Waals surface area contributed by atoms with E-state index < -0.39 is 0 Å². The second-order valence-corrected chi connectivity index (χ2v) is 8.40. The molecule has 2 aliphatic rings. The Balaban J connectivity index is 1.37. The van der Waals surface area contributed by atoms with Crippen LogP contribution in [0.1, 0.15) is 32.4 Å². The van der Waals surface area contributed by atoms with Crippen molar-refractivity contribution in [2.24, 2.45) is 5.92 Å². The standard InChI is InChI=1S/C18H30N4O2S/c1-13-12-25-18(19-13)20-17(23)11-21-6-4-16(5-7-21)10-22-8-14(2)24-15(3)9-22/h12,14-16H,4-11H2,1-3H3,(H,19,20,23). The lowest BCUT2D eigenvalue weighted by atomic mass is 9.95. The van der Waals surface area contributed by atoms with E-state index in [2.05, 4.69) is 33.9 Å². The van der Waals surface area contributed by atoms with Gasteiger partial charge in [-0.15, -0.1) is 11.3 Å².